The number of fused-ring (bicyclic) bond motifs is 1. The average molecular weight is 252 g/mol. The summed E-state index contributed by atoms with van der Waals surface area (Å²) in [4.78, 5) is 11.3. The lowest BCUT2D eigenvalue weighted by Gasteiger charge is -2.21. The smallest absolute Gasteiger partial charge is 0.339 e. The monoisotopic (exact) mass is 252 g/mol. The van der Waals surface area contributed by atoms with E-state index in [9.17, 15) is 9.90 Å². The van der Waals surface area contributed by atoms with Crippen LogP contribution in [-0.4, -0.2) is 23.4 Å². The van der Waals surface area contributed by atoms with Crippen molar-refractivity contribution in [1.82, 2.24) is 0 Å². The van der Waals surface area contributed by atoms with Gasteiger partial charge in [0, 0.05) is 5.75 Å². The molecule has 1 aromatic carbocycles. The molecule has 0 amide bonds. The number of carboxylic acid groups (broad SMARTS) is 1. The van der Waals surface area contributed by atoms with Gasteiger partial charge in [-0.15, -0.1) is 0 Å². The molecular weight excluding hydrogens is 236 g/mol. The SMILES string of the molecule is CCOc1cc2c(c(C)c1C(=O)O)CSCC2. The lowest BCUT2D eigenvalue weighted by atomic mass is 9.95. The van der Waals surface area contributed by atoms with Gasteiger partial charge in [0.25, 0.3) is 0 Å². The quantitative estimate of drug-likeness (QED) is 0.898. The second kappa shape index (κ2) is 5.00. The van der Waals surface area contributed by atoms with Crippen molar-refractivity contribution in [3.8, 4) is 5.75 Å². The third-order valence-corrected chi connectivity index (χ3v) is 4.03. The van der Waals surface area contributed by atoms with Gasteiger partial charge in [-0.1, -0.05) is 0 Å². The number of benzene rings is 1. The first kappa shape index (κ1) is 12.3. The van der Waals surface area contributed by atoms with Gasteiger partial charge in [0.05, 0.1) is 6.61 Å². The van der Waals surface area contributed by atoms with Crippen LogP contribution in [0.15, 0.2) is 6.07 Å². The molecule has 0 unspecified atom stereocenters. The summed E-state index contributed by atoms with van der Waals surface area (Å²) in [5.41, 5.74) is 3.62. The van der Waals surface area contributed by atoms with Crippen LogP contribution in [-0.2, 0) is 12.2 Å². The highest BCUT2D eigenvalue weighted by atomic mass is 32.2. The Balaban J connectivity index is 2.59. The van der Waals surface area contributed by atoms with Crippen LogP contribution < -0.4 is 4.74 Å². The van der Waals surface area contributed by atoms with E-state index in [1.807, 2.05) is 31.7 Å². The standard InChI is InChI=1S/C13H16O3S/c1-3-16-11-6-9-4-5-17-7-10(9)8(2)12(11)13(14)15/h6H,3-5,7H2,1-2H3,(H,14,15). The summed E-state index contributed by atoms with van der Waals surface area (Å²) in [5, 5.41) is 9.29. The third-order valence-electron chi connectivity index (χ3n) is 3.04. The van der Waals surface area contributed by atoms with Crippen molar-refractivity contribution < 1.29 is 14.6 Å². The molecule has 0 aromatic heterocycles. The highest BCUT2D eigenvalue weighted by molar-refractivity contribution is 7.98. The van der Waals surface area contributed by atoms with Gasteiger partial charge >= 0.3 is 5.97 Å². The van der Waals surface area contributed by atoms with E-state index >= 15 is 0 Å². The molecule has 1 heterocycles. The molecule has 3 nitrogen and oxygen atoms in total. The Morgan fingerprint density at radius 3 is 3.00 bits per heavy atom. The van der Waals surface area contributed by atoms with Crippen molar-refractivity contribution in [2.75, 3.05) is 12.4 Å². The molecule has 0 aliphatic carbocycles. The molecule has 0 atom stereocenters. The van der Waals surface area contributed by atoms with E-state index in [2.05, 4.69) is 0 Å². The number of aryl methyl sites for hydroxylation is 1. The van der Waals surface area contributed by atoms with Gasteiger partial charge < -0.3 is 9.84 Å². The summed E-state index contributed by atoms with van der Waals surface area (Å²) in [6, 6.07) is 1.91. The van der Waals surface area contributed by atoms with Crippen molar-refractivity contribution in [1.29, 1.82) is 0 Å². The number of thioether (sulfide) groups is 1. The molecule has 0 saturated heterocycles. The Bertz CT molecular complexity index is 454. The summed E-state index contributed by atoms with van der Waals surface area (Å²) in [5.74, 6) is 1.63. The molecule has 0 fully saturated rings. The Morgan fingerprint density at radius 1 is 1.59 bits per heavy atom. The Morgan fingerprint density at radius 2 is 2.35 bits per heavy atom. The van der Waals surface area contributed by atoms with Gasteiger partial charge in [0.2, 0.25) is 0 Å². The number of hydrogen-bond acceptors (Lipinski definition) is 3. The highest BCUT2D eigenvalue weighted by Crippen LogP contribution is 2.34. The predicted molar refractivity (Wildman–Crippen MR) is 69.2 cm³/mol. The summed E-state index contributed by atoms with van der Waals surface area (Å²) in [7, 11) is 0. The zero-order valence-corrected chi connectivity index (χ0v) is 10.9. The maximum Gasteiger partial charge on any atom is 0.339 e. The van der Waals surface area contributed by atoms with Crippen molar-refractivity contribution in [2.24, 2.45) is 0 Å². The zero-order chi connectivity index (χ0) is 12.4. The lowest BCUT2D eigenvalue weighted by molar-refractivity contribution is 0.0691. The van der Waals surface area contributed by atoms with Crippen LogP contribution in [0.1, 0.15) is 34.0 Å². The van der Waals surface area contributed by atoms with Gasteiger partial charge in [-0.25, -0.2) is 4.79 Å². The summed E-state index contributed by atoms with van der Waals surface area (Å²) >= 11 is 1.86. The molecule has 0 bridgehead atoms. The van der Waals surface area contributed by atoms with Crippen LogP contribution in [0.2, 0.25) is 0 Å². The zero-order valence-electron chi connectivity index (χ0n) is 10.1. The summed E-state index contributed by atoms with van der Waals surface area (Å²) in [6.07, 6.45) is 1.00. The Hall–Kier alpha value is -1.16. The molecule has 17 heavy (non-hydrogen) atoms. The number of aromatic carboxylic acids is 1. The predicted octanol–water partition coefficient (Wildman–Crippen LogP) is 2.88. The minimum Gasteiger partial charge on any atom is -0.493 e. The maximum absolute atomic E-state index is 11.3. The molecule has 1 aromatic rings. The third kappa shape index (κ3) is 2.27. The average Bonchev–Trinajstić information content (AvgIpc) is 2.29. The van der Waals surface area contributed by atoms with E-state index in [4.69, 9.17) is 4.74 Å². The van der Waals surface area contributed by atoms with Crippen LogP contribution in [0.4, 0.5) is 0 Å². The molecular formula is C13H16O3S. The fraction of sp³-hybridized carbons (Fsp3) is 0.462. The summed E-state index contributed by atoms with van der Waals surface area (Å²) in [6.45, 7) is 4.25. The number of rotatable bonds is 3. The number of ether oxygens (including phenoxy) is 1. The molecule has 2 rings (SSSR count). The number of carbonyl (C=O) groups is 1. The molecule has 0 saturated carbocycles. The fourth-order valence-electron chi connectivity index (χ4n) is 2.21. The minimum atomic E-state index is -0.899. The molecule has 92 valence electrons. The molecule has 0 radical (unpaired) electrons. The number of carboxylic acids is 1. The lowest BCUT2D eigenvalue weighted by Crippen LogP contribution is -2.12. The molecule has 1 aliphatic heterocycles. The Labute approximate surface area is 105 Å². The van der Waals surface area contributed by atoms with E-state index < -0.39 is 5.97 Å². The van der Waals surface area contributed by atoms with Gasteiger partial charge in [-0.05, 0) is 48.8 Å². The van der Waals surface area contributed by atoms with Crippen molar-refractivity contribution in [3.63, 3.8) is 0 Å². The molecule has 4 heteroatoms. The van der Waals surface area contributed by atoms with E-state index in [0.717, 1.165) is 23.5 Å². The number of hydrogen-bond donors (Lipinski definition) is 1. The largest absolute Gasteiger partial charge is 0.493 e. The second-order valence-corrected chi connectivity index (χ2v) is 5.16. The second-order valence-electron chi connectivity index (χ2n) is 4.05. The first-order chi connectivity index (χ1) is 8.15. The van der Waals surface area contributed by atoms with Crippen molar-refractivity contribution in [3.05, 3.63) is 28.3 Å². The highest BCUT2D eigenvalue weighted by Gasteiger charge is 2.22. The van der Waals surface area contributed by atoms with E-state index in [0.29, 0.717) is 17.9 Å². The van der Waals surface area contributed by atoms with Gasteiger partial charge in [0.1, 0.15) is 11.3 Å². The van der Waals surface area contributed by atoms with Gasteiger partial charge in [-0.2, -0.15) is 11.8 Å². The van der Waals surface area contributed by atoms with E-state index in [-0.39, 0.29) is 0 Å². The Kier molecular flexibility index (Phi) is 3.62. The van der Waals surface area contributed by atoms with Crippen LogP contribution in [0.5, 0.6) is 5.75 Å². The molecule has 1 N–H and O–H groups in total. The van der Waals surface area contributed by atoms with Crippen molar-refractivity contribution in [2.45, 2.75) is 26.0 Å². The van der Waals surface area contributed by atoms with Crippen molar-refractivity contribution >= 4 is 17.7 Å². The van der Waals surface area contributed by atoms with Crippen LogP contribution >= 0.6 is 11.8 Å². The van der Waals surface area contributed by atoms with Crippen LogP contribution in [0.25, 0.3) is 0 Å². The maximum atomic E-state index is 11.3. The first-order valence-electron chi connectivity index (χ1n) is 5.74. The van der Waals surface area contributed by atoms with Gasteiger partial charge in [0.15, 0.2) is 0 Å². The fourth-order valence-corrected chi connectivity index (χ4v) is 3.32. The van der Waals surface area contributed by atoms with Gasteiger partial charge in [-0.3, -0.25) is 0 Å². The first-order valence-corrected chi connectivity index (χ1v) is 6.89. The van der Waals surface area contributed by atoms with Crippen LogP contribution in [0, 0.1) is 6.92 Å². The van der Waals surface area contributed by atoms with Crippen LogP contribution in [0.3, 0.4) is 0 Å². The van der Waals surface area contributed by atoms with E-state index in [1.54, 1.807) is 0 Å². The normalized spacial score (nSPS) is 14.2. The molecule has 0 spiro atoms. The minimum absolute atomic E-state index is 0.327. The topological polar surface area (TPSA) is 46.5 Å². The van der Waals surface area contributed by atoms with E-state index in [1.165, 1.54) is 11.1 Å². The summed E-state index contributed by atoms with van der Waals surface area (Å²) < 4.78 is 5.46. The molecule has 1 aliphatic rings.